The first kappa shape index (κ1) is 19.9. The first-order valence-corrected chi connectivity index (χ1v) is 12.1. The minimum absolute atomic E-state index is 0.0654. The molecule has 3 aliphatic rings. The summed E-state index contributed by atoms with van der Waals surface area (Å²) in [6.45, 7) is 6.13. The molecule has 1 amide bonds. The van der Waals surface area contributed by atoms with Crippen LogP contribution in [0.15, 0.2) is 29.2 Å². The Labute approximate surface area is 168 Å². The maximum atomic E-state index is 13.2. The lowest BCUT2D eigenvalue weighted by Gasteiger charge is -2.26. The van der Waals surface area contributed by atoms with E-state index in [-0.39, 0.29) is 11.9 Å². The lowest BCUT2D eigenvalue weighted by atomic mass is 10.2. The van der Waals surface area contributed by atoms with Gasteiger partial charge in [0.25, 0.3) is 0 Å². The van der Waals surface area contributed by atoms with Gasteiger partial charge in [-0.05, 0) is 49.7 Å². The molecule has 6 nitrogen and oxygen atoms in total. The average Bonchev–Trinajstić information content (AvgIpc) is 3.48. The lowest BCUT2D eigenvalue weighted by molar-refractivity contribution is -0.132. The van der Waals surface area contributed by atoms with Gasteiger partial charge in [0.05, 0.1) is 10.9 Å². The molecule has 1 aromatic rings. The molecule has 2 aliphatic heterocycles. The van der Waals surface area contributed by atoms with Crippen LogP contribution in [-0.2, 0) is 21.2 Å². The number of benzene rings is 1. The number of aryl methyl sites for hydroxylation is 1. The van der Waals surface area contributed by atoms with Crippen molar-refractivity contribution in [3.63, 3.8) is 0 Å². The van der Waals surface area contributed by atoms with Gasteiger partial charge in [-0.3, -0.25) is 9.69 Å². The topological polar surface area (TPSA) is 60.9 Å². The average molecular weight is 406 g/mol. The Hall–Kier alpha value is -1.44. The third-order valence-electron chi connectivity index (χ3n) is 6.35. The van der Waals surface area contributed by atoms with E-state index in [0.29, 0.717) is 36.9 Å². The smallest absolute Gasteiger partial charge is 0.243 e. The third kappa shape index (κ3) is 3.98. The van der Waals surface area contributed by atoms with Crippen LogP contribution in [-0.4, -0.2) is 73.7 Å². The molecule has 2 heterocycles. The Balaban J connectivity index is 1.43. The SMILES string of the molecule is CCc1ccccc1S(=O)(=O)N1CCCN([C@@H]2CCN(CC3CC3)C2=O)CC1. The highest BCUT2D eigenvalue weighted by Gasteiger charge is 2.39. The van der Waals surface area contributed by atoms with Crippen LogP contribution >= 0.6 is 0 Å². The zero-order valence-corrected chi connectivity index (χ0v) is 17.5. The van der Waals surface area contributed by atoms with E-state index < -0.39 is 10.0 Å². The summed E-state index contributed by atoms with van der Waals surface area (Å²) in [5.74, 6) is 0.964. The van der Waals surface area contributed by atoms with Gasteiger partial charge in [-0.15, -0.1) is 0 Å². The zero-order chi connectivity index (χ0) is 19.7. The van der Waals surface area contributed by atoms with Crippen molar-refractivity contribution in [1.82, 2.24) is 14.1 Å². The second kappa shape index (κ2) is 8.13. The van der Waals surface area contributed by atoms with Gasteiger partial charge in [0.1, 0.15) is 0 Å². The minimum atomic E-state index is -3.50. The first-order valence-electron chi connectivity index (χ1n) is 10.6. The van der Waals surface area contributed by atoms with Crippen molar-refractivity contribution in [3.05, 3.63) is 29.8 Å². The molecule has 0 unspecified atom stereocenters. The molecule has 1 aliphatic carbocycles. The summed E-state index contributed by atoms with van der Waals surface area (Å²) in [5.41, 5.74) is 0.866. The van der Waals surface area contributed by atoms with Crippen molar-refractivity contribution < 1.29 is 13.2 Å². The highest BCUT2D eigenvalue weighted by molar-refractivity contribution is 7.89. The van der Waals surface area contributed by atoms with E-state index in [2.05, 4.69) is 4.90 Å². The molecule has 1 aromatic carbocycles. The molecule has 0 radical (unpaired) electrons. The quantitative estimate of drug-likeness (QED) is 0.726. The van der Waals surface area contributed by atoms with Crippen molar-refractivity contribution in [2.75, 3.05) is 39.3 Å². The van der Waals surface area contributed by atoms with E-state index in [9.17, 15) is 13.2 Å². The Bertz CT molecular complexity index is 822. The van der Waals surface area contributed by atoms with Crippen LogP contribution in [0.1, 0.15) is 38.2 Å². The zero-order valence-electron chi connectivity index (χ0n) is 16.7. The largest absolute Gasteiger partial charge is 0.341 e. The van der Waals surface area contributed by atoms with E-state index in [1.165, 1.54) is 12.8 Å². The monoisotopic (exact) mass is 405 g/mol. The van der Waals surface area contributed by atoms with Crippen LogP contribution < -0.4 is 0 Å². The van der Waals surface area contributed by atoms with Crippen molar-refractivity contribution >= 4 is 15.9 Å². The summed E-state index contributed by atoms with van der Waals surface area (Å²) in [5, 5.41) is 0. The molecule has 3 fully saturated rings. The first-order chi connectivity index (χ1) is 13.5. The Kier molecular flexibility index (Phi) is 5.76. The summed E-state index contributed by atoms with van der Waals surface area (Å²) in [7, 11) is -3.50. The molecule has 0 spiro atoms. The van der Waals surface area contributed by atoms with Gasteiger partial charge in [-0.25, -0.2) is 8.42 Å². The number of hydrogen-bond donors (Lipinski definition) is 0. The van der Waals surface area contributed by atoms with E-state index in [1.807, 2.05) is 24.0 Å². The summed E-state index contributed by atoms with van der Waals surface area (Å²) in [6.07, 6.45) is 4.84. The molecule has 1 saturated carbocycles. The number of carbonyl (C=O) groups is 1. The predicted octanol–water partition coefficient (Wildman–Crippen LogP) is 1.96. The van der Waals surface area contributed by atoms with Crippen molar-refractivity contribution in [2.45, 2.75) is 50.0 Å². The number of nitrogens with zero attached hydrogens (tertiary/aromatic N) is 3. The van der Waals surface area contributed by atoms with Gasteiger partial charge >= 0.3 is 0 Å². The van der Waals surface area contributed by atoms with Gasteiger partial charge in [-0.2, -0.15) is 4.31 Å². The molecule has 7 heteroatoms. The second-order valence-electron chi connectivity index (χ2n) is 8.29. The van der Waals surface area contributed by atoms with E-state index >= 15 is 0 Å². The predicted molar refractivity (Wildman–Crippen MR) is 108 cm³/mol. The molecule has 0 bridgehead atoms. The molecule has 1 atom stereocenters. The second-order valence-corrected chi connectivity index (χ2v) is 10.2. The minimum Gasteiger partial charge on any atom is -0.341 e. The Morgan fingerprint density at radius 2 is 1.79 bits per heavy atom. The summed E-state index contributed by atoms with van der Waals surface area (Å²) in [4.78, 5) is 17.5. The fourth-order valence-corrected chi connectivity index (χ4v) is 6.27. The molecular weight excluding hydrogens is 374 g/mol. The molecule has 154 valence electrons. The number of rotatable bonds is 6. The maximum Gasteiger partial charge on any atom is 0.243 e. The third-order valence-corrected chi connectivity index (χ3v) is 8.35. The maximum absolute atomic E-state index is 13.2. The van der Waals surface area contributed by atoms with Crippen LogP contribution in [0.25, 0.3) is 0 Å². The van der Waals surface area contributed by atoms with Gasteiger partial charge < -0.3 is 4.90 Å². The van der Waals surface area contributed by atoms with Gasteiger partial charge in [0.15, 0.2) is 0 Å². The van der Waals surface area contributed by atoms with Crippen molar-refractivity contribution in [3.8, 4) is 0 Å². The molecule has 2 saturated heterocycles. The van der Waals surface area contributed by atoms with Crippen molar-refractivity contribution in [1.29, 1.82) is 0 Å². The molecular formula is C21H31N3O3S. The highest BCUT2D eigenvalue weighted by atomic mass is 32.2. The number of sulfonamides is 1. The fourth-order valence-electron chi connectivity index (χ4n) is 4.51. The van der Waals surface area contributed by atoms with Crippen LogP contribution in [0.2, 0.25) is 0 Å². The van der Waals surface area contributed by atoms with Gasteiger partial charge in [0.2, 0.25) is 15.9 Å². The van der Waals surface area contributed by atoms with E-state index in [0.717, 1.165) is 38.0 Å². The van der Waals surface area contributed by atoms with Crippen LogP contribution in [0, 0.1) is 5.92 Å². The van der Waals surface area contributed by atoms with Crippen molar-refractivity contribution in [2.24, 2.45) is 5.92 Å². The number of carbonyl (C=O) groups excluding carboxylic acids is 1. The molecule has 0 N–H and O–H groups in total. The fraction of sp³-hybridized carbons (Fsp3) is 0.667. The van der Waals surface area contributed by atoms with Crippen LogP contribution in [0.5, 0.6) is 0 Å². The van der Waals surface area contributed by atoms with E-state index in [1.54, 1.807) is 16.4 Å². The Morgan fingerprint density at radius 1 is 1.00 bits per heavy atom. The van der Waals surface area contributed by atoms with Crippen LogP contribution in [0.3, 0.4) is 0 Å². The molecule has 0 aromatic heterocycles. The standard InChI is InChI=1S/C21H31N3O3S/c1-2-18-6-3-4-7-20(18)28(26,27)24-12-5-11-22(14-15-24)19-10-13-23(21(19)25)16-17-8-9-17/h3-4,6-7,17,19H,2,5,8-16H2,1H3/t19-/m1/s1. The number of hydrogen-bond acceptors (Lipinski definition) is 4. The summed E-state index contributed by atoms with van der Waals surface area (Å²) in [6, 6.07) is 7.22. The number of amides is 1. The summed E-state index contributed by atoms with van der Waals surface area (Å²) < 4.78 is 28.1. The van der Waals surface area contributed by atoms with Gasteiger partial charge in [0, 0.05) is 39.3 Å². The van der Waals surface area contributed by atoms with Crippen LogP contribution in [0.4, 0.5) is 0 Å². The molecule has 4 rings (SSSR count). The summed E-state index contributed by atoms with van der Waals surface area (Å²) >= 11 is 0. The highest BCUT2D eigenvalue weighted by Crippen LogP contribution is 2.32. The Morgan fingerprint density at radius 3 is 2.54 bits per heavy atom. The molecule has 28 heavy (non-hydrogen) atoms. The number of likely N-dealkylation sites (tertiary alicyclic amines) is 1. The normalized spacial score (nSPS) is 25.2. The van der Waals surface area contributed by atoms with E-state index in [4.69, 9.17) is 0 Å². The van der Waals surface area contributed by atoms with Gasteiger partial charge in [-0.1, -0.05) is 25.1 Å². The lowest BCUT2D eigenvalue weighted by Crippen LogP contribution is -2.44.